The number of carbonyl (C=O) groups excluding carboxylic acids is 3. The average molecular weight is 540 g/mol. The molecule has 2 saturated heterocycles. The molecule has 194 valence electrons. The lowest BCUT2D eigenvalue weighted by atomic mass is 9.77. The maximum absolute atomic E-state index is 13.3. The number of β-lactam (4-membered cyclic amide) rings is 1. The second-order valence-corrected chi connectivity index (χ2v) is 12.3. The van der Waals surface area contributed by atoms with Gasteiger partial charge < -0.3 is 24.2 Å². The number of thiazole rings is 1. The molecule has 0 bridgehead atoms. The van der Waals surface area contributed by atoms with Crippen LogP contribution in [-0.4, -0.2) is 83.1 Å². The van der Waals surface area contributed by atoms with E-state index in [1.54, 1.807) is 24.4 Å². The number of cyclic esters (lactones) is 2. The van der Waals surface area contributed by atoms with Crippen molar-refractivity contribution in [1.29, 1.82) is 0 Å². The number of carbonyl (C=O) groups is 3. The average Bonchev–Trinajstić information content (AvgIpc) is 3.47. The van der Waals surface area contributed by atoms with Crippen molar-refractivity contribution in [2.45, 2.75) is 57.1 Å². The molecule has 2 fully saturated rings. The van der Waals surface area contributed by atoms with Gasteiger partial charge in [-0.1, -0.05) is 6.92 Å². The lowest BCUT2D eigenvalue weighted by Crippen LogP contribution is -2.63. The fraction of sp³-hybridized carbons (Fsp3) is 0.545. The van der Waals surface area contributed by atoms with Crippen LogP contribution in [0.4, 0.5) is 4.79 Å². The van der Waals surface area contributed by atoms with Gasteiger partial charge in [0.2, 0.25) is 5.91 Å². The molecule has 1 N–H and O–H groups in total. The summed E-state index contributed by atoms with van der Waals surface area (Å²) in [5.41, 5.74) is 0.546. The van der Waals surface area contributed by atoms with Gasteiger partial charge in [0, 0.05) is 23.9 Å². The van der Waals surface area contributed by atoms with E-state index in [2.05, 4.69) is 4.98 Å². The van der Waals surface area contributed by atoms with E-state index >= 15 is 0 Å². The van der Waals surface area contributed by atoms with E-state index in [1.165, 1.54) is 11.8 Å². The number of amides is 1. The van der Waals surface area contributed by atoms with Gasteiger partial charge in [-0.05, 0) is 20.8 Å². The summed E-state index contributed by atoms with van der Waals surface area (Å²) in [6.45, 7) is 6.39. The number of aryl methyl sites for hydroxylation is 1. The minimum atomic E-state index is -3.61. The van der Waals surface area contributed by atoms with E-state index < -0.39 is 58.1 Å². The third-order valence-electron chi connectivity index (χ3n) is 6.88. The van der Waals surface area contributed by atoms with Crippen molar-refractivity contribution in [3.05, 3.63) is 22.6 Å². The summed E-state index contributed by atoms with van der Waals surface area (Å²) in [6.07, 6.45) is -0.398. The first-order valence-electron chi connectivity index (χ1n) is 11.3. The molecule has 3 aliphatic heterocycles. The highest BCUT2D eigenvalue weighted by atomic mass is 32.2. The molecule has 0 saturated carbocycles. The van der Waals surface area contributed by atoms with Gasteiger partial charge in [0.05, 0.1) is 22.9 Å². The van der Waals surface area contributed by atoms with Crippen molar-refractivity contribution in [2.24, 2.45) is 11.8 Å². The Bertz CT molecular complexity index is 1440. The highest BCUT2D eigenvalue weighted by molar-refractivity contribution is 7.91. The second kappa shape index (κ2) is 8.28. The van der Waals surface area contributed by atoms with Crippen LogP contribution in [0, 0.1) is 18.8 Å². The van der Waals surface area contributed by atoms with Crippen molar-refractivity contribution in [2.75, 3.05) is 12.9 Å². The first-order chi connectivity index (χ1) is 16.8. The fourth-order valence-corrected chi connectivity index (χ4v) is 7.58. The number of hydrogen-bond donors (Lipinski definition) is 1. The molecule has 3 aliphatic rings. The maximum Gasteiger partial charge on any atom is 0.509 e. The van der Waals surface area contributed by atoms with E-state index in [0.29, 0.717) is 21.1 Å². The third kappa shape index (κ3) is 3.61. The molecule has 5 heterocycles. The number of esters is 1. The van der Waals surface area contributed by atoms with Crippen LogP contribution in [0.15, 0.2) is 16.9 Å². The molecule has 2 unspecified atom stereocenters. The Labute approximate surface area is 210 Å². The molecule has 36 heavy (non-hydrogen) atoms. The van der Waals surface area contributed by atoms with Gasteiger partial charge in [-0.25, -0.2) is 23.0 Å². The highest BCUT2D eigenvalue weighted by Gasteiger charge is 2.60. The molecule has 2 aromatic rings. The summed E-state index contributed by atoms with van der Waals surface area (Å²) in [6, 6.07) is -0.461. The lowest BCUT2D eigenvalue weighted by molar-refractivity contribution is -0.164. The first kappa shape index (κ1) is 24.7. The predicted octanol–water partition coefficient (Wildman–Crippen LogP) is 1.14. The van der Waals surface area contributed by atoms with Crippen LogP contribution in [-0.2, 0) is 33.6 Å². The van der Waals surface area contributed by atoms with Crippen LogP contribution in [0.25, 0.3) is 10.4 Å². The zero-order chi connectivity index (χ0) is 26.3. The number of fused-ring (bicyclic) bond motifs is 2. The molecule has 5 rings (SSSR count). The van der Waals surface area contributed by atoms with E-state index in [-0.39, 0.29) is 23.2 Å². The minimum absolute atomic E-state index is 0.0308. The Hall–Kier alpha value is -2.97. The van der Waals surface area contributed by atoms with Gasteiger partial charge in [-0.15, -0.1) is 11.3 Å². The largest absolute Gasteiger partial charge is 0.509 e. The number of sulfone groups is 1. The molecule has 0 radical (unpaired) electrons. The van der Waals surface area contributed by atoms with E-state index in [4.69, 9.17) is 14.2 Å². The number of imidazole rings is 1. The first-order valence-corrected chi connectivity index (χ1v) is 14.0. The van der Waals surface area contributed by atoms with E-state index in [0.717, 1.165) is 17.6 Å². The molecule has 1 amide bonds. The molecule has 12 nitrogen and oxygen atoms in total. The SMILES string of the molecule is Cc1nc(S(C)(=O)=O)c2sc(C3=C(C(=O)OCC4OC(=O)OC4C)N4C(=O)[C@H]([C@@H](C)O)[C@H]4[C@H]3C)cn12. The standard InChI is InChI=1S/C22H25N3O9S2/c1-8-14(13-6-24-11(4)23-18(20(24)35-13)36(5,30)31)17(25-16(8)15(9(2)26)19(25)27)21(28)32-7-12-10(3)33-22(29)34-12/h6,8-10,12,15-16,26H,7H2,1-5H3/t8-,9+,10?,12?,15+,16+/m0/s1. The van der Waals surface area contributed by atoms with Gasteiger partial charge in [-0.3, -0.25) is 9.20 Å². The predicted molar refractivity (Wildman–Crippen MR) is 125 cm³/mol. The van der Waals surface area contributed by atoms with Crippen molar-refractivity contribution in [3.8, 4) is 0 Å². The van der Waals surface area contributed by atoms with Gasteiger partial charge in [0.15, 0.2) is 21.0 Å². The normalized spacial score (nSPS) is 28.7. The van der Waals surface area contributed by atoms with Crippen LogP contribution < -0.4 is 0 Å². The summed E-state index contributed by atoms with van der Waals surface area (Å²) in [5.74, 6) is -1.77. The Morgan fingerprint density at radius 2 is 2.00 bits per heavy atom. The minimum Gasteiger partial charge on any atom is -0.457 e. The molecule has 2 aromatic heterocycles. The van der Waals surface area contributed by atoms with Crippen molar-refractivity contribution in [3.63, 3.8) is 0 Å². The smallest absolute Gasteiger partial charge is 0.457 e. The zero-order valence-corrected chi connectivity index (χ0v) is 21.8. The summed E-state index contributed by atoms with van der Waals surface area (Å²) in [4.78, 5) is 44.2. The number of aliphatic hydroxyl groups is 1. The number of rotatable bonds is 6. The second-order valence-electron chi connectivity index (χ2n) is 9.35. The summed E-state index contributed by atoms with van der Waals surface area (Å²) < 4.78 is 41.6. The van der Waals surface area contributed by atoms with Crippen molar-refractivity contribution >= 4 is 49.6 Å². The Balaban J connectivity index is 1.57. The van der Waals surface area contributed by atoms with Crippen LogP contribution in [0.2, 0.25) is 0 Å². The van der Waals surface area contributed by atoms with Crippen LogP contribution in [0.1, 0.15) is 31.5 Å². The molecular weight excluding hydrogens is 514 g/mol. The molecule has 0 spiro atoms. The third-order valence-corrected chi connectivity index (χ3v) is 9.13. The number of nitrogens with zero attached hydrogens (tertiary/aromatic N) is 3. The molecule has 0 aromatic carbocycles. The fourth-order valence-electron chi connectivity index (χ4n) is 5.11. The summed E-state index contributed by atoms with van der Waals surface area (Å²) in [5, 5.41) is 10.1. The van der Waals surface area contributed by atoms with E-state index in [9.17, 15) is 27.9 Å². The molecular formula is C22H25N3O9S2. The highest BCUT2D eigenvalue weighted by Crippen LogP contribution is 2.52. The van der Waals surface area contributed by atoms with Crippen LogP contribution in [0.3, 0.4) is 0 Å². The Morgan fingerprint density at radius 1 is 1.31 bits per heavy atom. The Morgan fingerprint density at radius 3 is 2.58 bits per heavy atom. The summed E-state index contributed by atoms with van der Waals surface area (Å²) in [7, 11) is -3.61. The van der Waals surface area contributed by atoms with Crippen molar-refractivity contribution < 1.29 is 42.1 Å². The topological polar surface area (TPSA) is 154 Å². The molecule has 6 atom stereocenters. The molecule has 0 aliphatic carbocycles. The van der Waals surface area contributed by atoms with Crippen LogP contribution in [0.5, 0.6) is 0 Å². The maximum atomic E-state index is 13.3. The van der Waals surface area contributed by atoms with Gasteiger partial charge in [0.1, 0.15) is 29.1 Å². The quantitative estimate of drug-likeness (QED) is 0.418. The zero-order valence-electron chi connectivity index (χ0n) is 20.1. The lowest BCUT2D eigenvalue weighted by Gasteiger charge is -2.46. The van der Waals surface area contributed by atoms with Gasteiger partial charge in [-0.2, -0.15) is 0 Å². The molecule has 14 heteroatoms. The summed E-state index contributed by atoms with van der Waals surface area (Å²) >= 11 is 1.15. The number of hydrogen-bond acceptors (Lipinski definition) is 11. The van der Waals surface area contributed by atoms with Crippen molar-refractivity contribution in [1.82, 2.24) is 14.3 Å². The van der Waals surface area contributed by atoms with E-state index in [1.807, 2.05) is 6.92 Å². The number of aliphatic hydroxyl groups excluding tert-OH is 1. The number of ether oxygens (including phenoxy) is 3. The Kier molecular flexibility index (Phi) is 5.68. The number of aromatic nitrogens is 2. The van der Waals surface area contributed by atoms with Crippen LogP contribution >= 0.6 is 11.3 Å². The monoisotopic (exact) mass is 539 g/mol. The van der Waals surface area contributed by atoms with Gasteiger partial charge in [0.25, 0.3) is 0 Å². The van der Waals surface area contributed by atoms with Gasteiger partial charge >= 0.3 is 12.1 Å².